The number of methoxy groups -OCH3 is 2. The third kappa shape index (κ3) is 4.16. The largest absolute Gasteiger partial charge is 0.504 e. The minimum Gasteiger partial charge on any atom is -0.504 e. The van der Waals surface area contributed by atoms with Crippen LogP contribution in [-0.4, -0.2) is 40.0 Å². The maximum atomic E-state index is 13.7. The smallest absolute Gasteiger partial charge is 0.299 e. The molecule has 0 bridgehead atoms. The summed E-state index contributed by atoms with van der Waals surface area (Å²) in [5.74, 6) is 1.03. The summed E-state index contributed by atoms with van der Waals surface area (Å²) in [6, 6.07) is 17.7. The molecule has 0 amide bonds. The number of furan rings is 1. The van der Waals surface area contributed by atoms with Gasteiger partial charge in [-0.1, -0.05) is 0 Å². The van der Waals surface area contributed by atoms with E-state index < -0.39 is 11.1 Å². The van der Waals surface area contributed by atoms with Crippen LogP contribution in [0.4, 0.5) is 0 Å². The van der Waals surface area contributed by atoms with Gasteiger partial charge in [0, 0.05) is 5.39 Å². The van der Waals surface area contributed by atoms with Crippen molar-refractivity contribution < 1.29 is 19.0 Å². The number of aromatic nitrogens is 3. The SMILES string of the molecule is COc1ccc(-n2nc3c(=O)n(/N=C/c4ccc(O)c(OC)c4)c(-c4ccco4)cc3c(C#N)c2=O)cc1. The molecule has 0 fully saturated rings. The number of nitrogens with zero attached hydrogens (tertiary/aromatic N) is 5. The van der Waals surface area contributed by atoms with Crippen molar-refractivity contribution in [1.82, 2.24) is 14.5 Å². The predicted octanol–water partition coefficient (Wildman–Crippen LogP) is 3.28. The van der Waals surface area contributed by atoms with Crippen molar-refractivity contribution in [3.05, 3.63) is 98.8 Å². The zero-order valence-corrected chi connectivity index (χ0v) is 20.2. The molecule has 2 aromatic carbocycles. The Hall–Kier alpha value is -5.63. The number of benzene rings is 2. The van der Waals surface area contributed by atoms with Gasteiger partial charge in [-0.15, -0.1) is 0 Å². The number of aromatic hydroxyl groups is 1. The van der Waals surface area contributed by atoms with Crippen LogP contribution in [0, 0.1) is 11.3 Å². The Kier molecular flexibility index (Phi) is 6.20. The van der Waals surface area contributed by atoms with Crippen LogP contribution in [0.5, 0.6) is 17.2 Å². The van der Waals surface area contributed by atoms with E-state index >= 15 is 0 Å². The number of pyridine rings is 1. The lowest BCUT2D eigenvalue weighted by Crippen LogP contribution is -2.28. The van der Waals surface area contributed by atoms with Crippen molar-refractivity contribution in [1.29, 1.82) is 5.26 Å². The van der Waals surface area contributed by atoms with E-state index in [1.165, 1.54) is 38.8 Å². The van der Waals surface area contributed by atoms with Gasteiger partial charge in [0.25, 0.3) is 11.1 Å². The zero-order valence-electron chi connectivity index (χ0n) is 20.2. The molecule has 11 heteroatoms. The Morgan fingerprint density at radius 3 is 2.50 bits per heavy atom. The molecule has 3 heterocycles. The second kappa shape index (κ2) is 9.79. The second-order valence-corrected chi connectivity index (χ2v) is 7.96. The third-order valence-corrected chi connectivity index (χ3v) is 5.76. The lowest BCUT2D eigenvalue weighted by Gasteiger charge is -2.11. The number of phenolic OH excluding ortho intramolecular Hbond substituents is 1. The molecule has 38 heavy (non-hydrogen) atoms. The highest BCUT2D eigenvalue weighted by atomic mass is 16.5. The van der Waals surface area contributed by atoms with Crippen LogP contribution < -0.4 is 20.6 Å². The first-order valence-corrected chi connectivity index (χ1v) is 11.2. The van der Waals surface area contributed by atoms with Crippen molar-refractivity contribution in [2.75, 3.05) is 14.2 Å². The van der Waals surface area contributed by atoms with Gasteiger partial charge in [-0.25, -0.2) is 0 Å². The lowest BCUT2D eigenvalue weighted by atomic mass is 10.1. The molecule has 188 valence electrons. The van der Waals surface area contributed by atoms with E-state index in [1.54, 1.807) is 48.5 Å². The number of ether oxygens (including phenoxy) is 2. The molecule has 5 rings (SSSR count). The fraction of sp³-hybridized carbons (Fsp3) is 0.0741. The normalized spacial score (nSPS) is 11.1. The highest BCUT2D eigenvalue weighted by Gasteiger charge is 2.20. The number of phenols is 1. The zero-order chi connectivity index (χ0) is 26.8. The summed E-state index contributed by atoms with van der Waals surface area (Å²) in [5, 5.41) is 28.5. The molecule has 0 atom stereocenters. The van der Waals surface area contributed by atoms with Crippen molar-refractivity contribution in [2.24, 2.45) is 5.10 Å². The molecule has 0 saturated carbocycles. The maximum absolute atomic E-state index is 13.7. The minimum atomic E-state index is -0.688. The van der Waals surface area contributed by atoms with Gasteiger partial charge >= 0.3 is 0 Å². The van der Waals surface area contributed by atoms with E-state index in [1.807, 2.05) is 6.07 Å². The van der Waals surface area contributed by atoms with E-state index in [-0.39, 0.29) is 39.4 Å². The van der Waals surface area contributed by atoms with Crippen molar-refractivity contribution in [2.45, 2.75) is 0 Å². The highest BCUT2D eigenvalue weighted by molar-refractivity contribution is 5.87. The van der Waals surface area contributed by atoms with Gasteiger partial charge in [-0.05, 0) is 66.2 Å². The first-order chi connectivity index (χ1) is 18.4. The van der Waals surface area contributed by atoms with Crippen LogP contribution >= 0.6 is 0 Å². The molecule has 0 radical (unpaired) electrons. The average molecular weight is 509 g/mol. The Morgan fingerprint density at radius 1 is 1.05 bits per heavy atom. The van der Waals surface area contributed by atoms with Crippen LogP contribution in [0.25, 0.3) is 28.0 Å². The summed E-state index contributed by atoms with van der Waals surface area (Å²) in [6.45, 7) is 0. The molecular weight excluding hydrogens is 490 g/mol. The van der Waals surface area contributed by atoms with E-state index in [9.17, 15) is 20.0 Å². The average Bonchev–Trinajstić information content (AvgIpc) is 3.48. The summed E-state index contributed by atoms with van der Waals surface area (Å²) < 4.78 is 17.9. The summed E-state index contributed by atoms with van der Waals surface area (Å²) in [4.78, 5) is 27.0. The monoisotopic (exact) mass is 509 g/mol. The van der Waals surface area contributed by atoms with Crippen LogP contribution in [0.3, 0.4) is 0 Å². The first kappa shape index (κ1) is 24.1. The van der Waals surface area contributed by atoms with Gasteiger partial charge in [0.05, 0.1) is 32.4 Å². The van der Waals surface area contributed by atoms with Gasteiger partial charge < -0.3 is 19.0 Å². The van der Waals surface area contributed by atoms with Crippen molar-refractivity contribution in [3.8, 4) is 40.5 Å². The predicted molar refractivity (Wildman–Crippen MR) is 138 cm³/mol. The Bertz CT molecular complexity index is 1850. The van der Waals surface area contributed by atoms with E-state index in [0.29, 0.717) is 17.0 Å². The van der Waals surface area contributed by atoms with Crippen LogP contribution in [0.2, 0.25) is 0 Å². The number of nitriles is 1. The van der Waals surface area contributed by atoms with Gasteiger partial charge in [0.2, 0.25) is 0 Å². The van der Waals surface area contributed by atoms with Gasteiger partial charge in [0.15, 0.2) is 22.8 Å². The summed E-state index contributed by atoms with van der Waals surface area (Å²) in [7, 11) is 2.93. The second-order valence-electron chi connectivity index (χ2n) is 7.96. The van der Waals surface area contributed by atoms with Crippen LogP contribution in [0.1, 0.15) is 11.1 Å². The molecule has 0 aliphatic rings. The topological polar surface area (TPSA) is 145 Å². The maximum Gasteiger partial charge on any atom is 0.299 e. The number of fused-ring (bicyclic) bond motifs is 1. The molecule has 0 spiro atoms. The quantitative estimate of drug-likeness (QED) is 0.343. The fourth-order valence-corrected chi connectivity index (χ4v) is 3.86. The molecule has 0 aliphatic heterocycles. The molecule has 5 aromatic rings. The van der Waals surface area contributed by atoms with Gasteiger partial charge in [0.1, 0.15) is 23.1 Å². The minimum absolute atomic E-state index is 0.0477. The highest BCUT2D eigenvalue weighted by Crippen LogP contribution is 2.26. The molecule has 11 nitrogen and oxygen atoms in total. The summed E-state index contributed by atoms with van der Waals surface area (Å²) >= 11 is 0. The van der Waals surface area contributed by atoms with Gasteiger partial charge in [-0.3, -0.25) is 9.59 Å². The standard InChI is InChI=1S/C27H19N5O6/c1-36-18-8-6-17(7-9-18)31-26(34)20(14-28)19-13-21(23-4-3-11-38-23)32(27(35)25(19)30-31)29-15-16-5-10-22(33)24(12-16)37-2/h3-13,15,33H,1-2H3/b29-15+. The number of hydrogen-bond acceptors (Lipinski definition) is 9. The lowest BCUT2D eigenvalue weighted by molar-refractivity contribution is 0.373. The fourth-order valence-electron chi connectivity index (χ4n) is 3.86. The van der Waals surface area contributed by atoms with Crippen molar-refractivity contribution in [3.63, 3.8) is 0 Å². The summed E-state index contributed by atoms with van der Waals surface area (Å²) in [5.41, 5.74) is -0.694. The van der Waals surface area contributed by atoms with Crippen LogP contribution in [-0.2, 0) is 0 Å². The molecule has 0 unspecified atom stereocenters. The molecule has 0 aliphatic carbocycles. The van der Waals surface area contributed by atoms with Crippen molar-refractivity contribution >= 4 is 17.1 Å². The van der Waals surface area contributed by atoms with E-state index in [2.05, 4.69) is 10.2 Å². The number of rotatable bonds is 6. The molecule has 1 N–H and O–H groups in total. The molecule has 0 saturated heterocycles. The Labute approximate surface area is 214 Å². The number of hydrogen-bond donors (Lipinski definition) is 1. The van der Waals surface area contributed by atoms with Crippen LogP contribution in [0.15, 0.2) is 86.0 Å². The first-order valence-electron chi connectivity index (χ1n) is 11.2. The third-order valence-electron chi connectivity index (χ3n) is 5.76. The summed E-state index contributed by atoms with van der Waals surface area (Å²) in [6.07, 6.45) is 2.82. The Balaban J connectivity index is 1.77. The Morgan fingerprint density at radius 2 is 1.84 bits per heavy atom. The molecular formula is C27H19N5O6. The molecule has 3 aromatic heterocycles. The van der Waals surface area contributed by atoms with Gasteiger partial charge in [-0.2, -0.15) is 24.8 Å². The van der Waals surface area contributed by atoms with E-state index in [4.69, 9.17) is 13.9 Å². The van der Waals surface area contributed by atoms with E-state index in [0.717, 1.165) is 9.36 Å².